The van der Waals surface area contributed by atoms with Gasteiger partial charge in [0.25, 0.3) is 0 Å². The summed E-state index contributed by atoms with van der Waals surface area (Å²) in [7, 11) is -3.46. The van der Waals surface area contributed by atoms with Crippen molar-refractivity contribution in [2.24, 2.45) is 0 Å². The van der Waals surface area contributed by atoms with Gasteiger partial charge < -0.3 is 5.73 Å². The Bertz CT molecular complexity index is 777. The summed E-state index contributed by atoms with van der Waals surface area (Å²) in [6, 6.07) is 14.6. The molecule has 128 valence electrons. The highest BCUT2D eigenvalue weighted by Crippen LogP contribution is 2.24. The van der Waals surface area contributed by atoms with E-state index in [2.05, 4.69) is 4.72 Å². The summed E-state index contributed by atoms with van der Waals surface area (Å²) in [5.74, 6) is 0. The summed E-state index contributed by atoms with van der Waals surface area (Å²) in [4.78, 5) is 0.319. The fourth-order valence-corrected chi connectivity index (χ4v) is 4.53. The third-order valence-corrected chi connectivity index (χ3v) is 6.10. The molecule has 1 aliphatic carbocycles. The second-order valence-electron chi connectivity index (χ2n) is 6.46. The number of benzene rings is 2. The molecule has 2 aromatic rings. The van der Waals surface area contributed by atoms with Crippen LogP contribution in [0.5, 0.6) is 0 Å². The molecule has 24 heavy (non-hydrogen) atoms. The normalized spacial score (nSPS) is 16.7. The van der Waals surface area contributed by atoms with E-state index in [1.165, 1.54) is 12.8 Å². The van der Waals surface area contributed by atoms with Crippen LogP contribution >= 0.6 is 0 Å². The van der Waals surface area contributed by atoms with Crippen molar-refractivity contribution in [3.05, 3.63) is 48.5 Å². The van der Waals surface area contributed by atoms with Crippen LogP contribution in [0.2, 0.25) is 0 Å². The van der Waals surface area contributed by atoms with Gasteiger partial charge in [0.1, 0.15) is 0 Å². The molecule has 0 unspecified atom stereocenters. The molecule has 0 amide bonds. The first-order chi connectivity index (χ1) is 11.5. The van der Waals surface area contributed by atoms with E-state index in [9.17, 15) is 8.42 Å². The molecule has 2 aromatic carbocycles. The van der Waals surface area contributed by atoms with E-state index in [1.807, 2.05) is 36.4 Å². The highest BCUT2D eigenvalue weighted by atomic mass is 32.2. The molecule has 1 fully saturated rings. The minimum atomic E-state index is -3.46. The molecule has 0 radical (unpaired) electrons. The number of hydrogen-bond acceptors (Lipinski definition) is 3. The van der Waals surface area contributed by atoms with Crippen LogP contribution in [-0.4, -0.2) is 14.5 Å². The molecular formula is C19H24N2O2S. The predicted molar refractivity (Wildman–Crippen MR) is 98.1 cm³/mol. The molecule has 0 aliphatic heterocycles. The molecule has 0 atom stereocenters. The Morgan fingerprint density at radius 2 is 1.54 bits per heavy atom. The average molecular weight is 344 g/mol. The number of nitrogens with two attached hydrogens (primary N) is 1. The molecule has 0 heterocycles. The molecular weight excluding hydrogens is 320 g/mol. The summed E-state index contributed by atoms with van der Waals surface area (Å²) in [6.45, 7) is 0. The molecule has 1 saturated carbocycles. The van der Waals surface area contributed by atoms with Gasteiger partial charge in [-0.3, -0.25) is 0 Å². The van der Waals surface area contributed by atoms with Crippen LogP contribution in [0.3, 0.4) is 0 Å². The standard InChI is InChI=1S/C19H24N2O2S/c20-17-7-5-6-16(14-17)15-10-12-19(13-11-15)24(22,23)21-18-8-3-1-2-4-9-18/h5-7,10-14,18,21H,1-4,8-9,20H2. The van der Waals surface area contributed by atoms with Crippen LogP contribution in [0.25, 0.3) is 11.1 Å². The zero-order chi connectivity index (χ0) is 17.0. The zero-order valence-corrected chi connectivity index (χ0v) is 14.6. The van der Waals surface area contributed by atoms with Gasteiger partial charge in [-0.1, -0.05) is 49.9 Å². The van der Waals surface area contributed by atoms with Crippen molar-refractivity contribution in [2.75, 3.05) is 5.73 Å². The molecule has 4 nitrogen and oxygen atoms in total. The van der Waals surface area contributed by atoms with Gasteiger partial charge in [-0.15, -0.1) is 0 Å². The average Bonchev–Trinajstić information content (AvgIpc) is 2.83. The van der Waals surface area contributed by atoms with Crippen LogP contribution in [0.4, 0.5) is 5.69 Å². The molecule has 0 spiro atoms. The summed E-state index contributed by atoms with van der Waals surface area (Å²) in [5, 5.41) is 0. The third kappa shape index (κ3) is 4.16. The van der Waals surface area contributed by atoms with Gasteiger partial charge in [0.05, 0.1) is 4.90 Å². The Labute approximate surface area is 144 Å². The van der Waals surface area contributed by atoms with Gasteiger partial charge in [0.2, 0.25) is 10.0 Å². The Kier molecular flexibility index (Phi) is 5.21. The fraction of sp³-hybridized carbons (Fsp3) is 0.368. The Balaban J connectivity index is 1.76. The maximum absolute atomic E-state index is 12.6. The van der Waals surface area contributed by atoms with Gasteiger partial charge in [0, 0.05) is 11.7 Å². The highest BCUT2D eigenvalue weighted by molar-refractivity contribution is 7.89. The number of anilines is 1. The van der Waals surface area contributed by atoms with Crippen molar-refractivity contribution in [3.8, 4) is 11.1 Å². The van der Waals surface area contributed by atoms with Crippen LogP contribution in [-0.2, 0) is 10.0 Å². The molecule has 3 N–H and O–H groups in total. The highest BCUT2D eigenvalue weighted by Gasteiger charge is 2.21. The van der Waals surface area contributed by atoms with Gasteiger partial charge in [0.15, 0.2) is 0 Å². The fourth-order valence-electron chi connectivity index (χ4n) is 3.23. The first-order valence-corrected chi connectivity index (χ1v) is 10.0. The minimum absolute atomic E-state index is 0.0612. The van der Waals surface area contributed by atoms with Crippen LogP contribution in [0.1, 0.15) is 38.5 Å². The lowest BCUT2D eigenvalue weighted by atomic mass is 10.1. The first kappa shape index (κ1) is 17.0. The second kappa shape index (κ2) is 7.36. The summed E-state index contributed by atoms with van der Waals surface area (Å²) >= 11 is 0. The van der Waals surface area contributed by atoms with Gasteiger partial charge in [-0.05, 0) is 48.2 Å². The quantitative estimate of drug-likeness (QED) is 0.652. The van der Waals surface area contributed by atoms with Crippen molar-refractivity contribution in [2.45, 2.75) is 49.5 Å². The SMILES string of the molecule is Nc1cccc(-c2ccc(S(=O)(=O)NC3CCCCCC3)cc2)c1. The van der Waals surface area contributed by atoms with E-state index >= 15 is 0 Å². The maximum atomic E-state index is 12.6. The largest absolute Gasteiger partial charge is 0.399 e. The zero-order valence-electron chi connectivity index (χ0n) is 13.7. The predicted octanol–water partition coefficient (Wildman–Crippen LogP) is 3.94. The molecule has 0 aromatic heterocycles. The van der Waals surface area contributed by atoms with E-state index in [0.29, 0.717) is 10.6 Å². The first-order valence-electron chi connectivity index (χ1n) is 8.53. The lowest BCUT2D eigenvalue weighted by Gasteiger charge is -2.16. The number of rotatable bonds is 4. The van der Waals surface area contributed by atoms with E-state index in [4.69, 9.17) is 5.73 Å². The minimum Gasteiger partial charge on any atom is -0.399 e. The van der Waals surface area contributed by atoms with Crippen LogP contribution in [0, 0.1) is 0 Å². The lowest BCUT2D eigenvalue weighted by Crippen LogP contribution is -2.34. The van der Waals surface area contributed by atoms with Crippen LogP contribution < -0.4 is 10.5 Å². The number of hydrogen-bond donors (Lipinski definition) is 2. The van der Waals surface area contributed by atoms with E-state index in [1.54, 1.807) is 12.1 Å². The van der Waals surface area contributed by atoms with E-state index in [-0.39, 0.29) is 6.04 Å². The van der Waals surface area contributed by atoms with E-state index in [0.717, 1.165) is 36.8 Å². The van der Waals surface area contributed by atoms with Crippen molar-refractivity contribution in [1.29, 1.82) is 0 Å². The molecule has 5 heteroatoms. The Morgan fingerprint density at radius 3 is 2.17 bits per heavy atom. The third-order valence-electron chi connectivity index (χ3n) is 4.56. The number of sulfonamides is 1. The van der Waals surface area contributed by atoms with Crippen molar-refractivity contribution >= 4 is 15.7 Å². The molecule has 3 rings (SSSR count). The summed E-state index contributed by atoms with van der Waals surface area (Å²) in [5.41, 5.74) is 8.44. The Morgan fingerprint density at radius 1 is 0.875 bits per heavy atom. The van der Waals surface area contributed by atoms with Crippen molar-refractivity contribution in [1.82, 2.24) is 4.72 Å². The van der Waals surface area contributed by atoms with Gasteiger partial charge in [-0.2, -0.15) is 0 Å². The molecule has 0 saturated heterocycles. The lowest BCUT2D eigenvalue weighted by molar-refractivity contribution is 0.510. The smallest absolute Gasteiger partial charge is 0.240 e. The second-order valence-corrected chi connectivity index (χ2v) is 8.17. The van der Waals surface area contributed by atoms with Gasteiger partial charge in [-0.25, -0.2) is 13.1 Å². The number of nitrogens with one attached hydrogen (secondary N) is 1. The Hall–Kier alpha value is -1.85. The van der Waals surface area contributed by atoms with Gasteiger partial charge >= 0.3 is 0 Å². The van der Waals surface area contributed by atoms with Crippen LogP contribution in [0.15, 0.2) is 53.4 Å². The van der Waals surface area contributed by atoms with Crippen molar-refractivity contribution in [3.63, 3.8) is 0 Å². The summed E-state index contributed by atoms with van der Waals surface area (Å²) in [6.07, 6.45) is 6.46. The molecule has 0 bridgehead atoms. The number of nitrogen functional groups attached to an aromatic ring is 1. The summed E-state index contributed by atoms with van der Waals surface area (Å²) < 4.78 is 28.0. The van der Waals surface area contributed by atoms with E-state index < -0.39 is 10.0 Å². The van der Waals surface area contributed by atoms with Crippen molar-refractivity contribution < 1.29 is 8.42 Å². The monoisotopic (exact) mass is 344 g/mol. The maximum Gasteiger partial charge on any atom is 0.240 e. The topological polar surface area (TPSA) is 72.2 Å². The molecule has 1 aliphatic rings.